The van der Waals surface area contributed by atoms with Crippen LogP contribution in [-0.2, 0) is 14.3 Å². The molecule has 7 nitrogen and oxygen atoms in total. The largest absolute Gasteiger partial charge is 0.481 e. The first kappa shape index (κ1) is 22.0. The highest BCUT2D eigenvalue weighted by Crippen LogP contribution is 2.44. The fourth-order valence-electron chi connectivity index (χ4n) is 4.37. The Morgan fingerprint density at radius 3 is 2.50 bits per heavy atom. The molecule has 2 heterocycles. The summed E-state index contributed by atoms with van der Waals surface area (Å²) in [6.45, 7) is 0.488. The number of benzene rings is 1. The number of ether oxygens (including phenoxy) is 1. The van der Waals surface area contributed by atoms with Gasteiger partial charge >= 0.3 is 5.97 Å². The summed E-state index contributed by atoms with van der Waals surface area (Å²) in [6.07, 6.45) is 9.13. The Balaban J connectivity index is 1.40. The molecule has 0 aromatic heterocycles. The molecule has 4 unspecified atom stereocenters. The highest BCUT2D eigenvalue weighted by Gasteiger charge is 2.47. The van der Waals surface area contributed by atoms with Crippen molar-refractivity contribution in [3.63, 3.8) is 0 Å². The number of nitrogens with one attached hydrogen (secondary N) is 2. The van der Waals surface area contributed by atoms with Gasteiger partial charge in [0.05, 0.1) is 18.8 Å². The lowest BCUT2D eigenvalue weighted by Crippen LogP contribution is -2.42. The molecule has 1 aromatic carbocycles. The van der Waals surface area contributed by atoms with Crippen LogP contribution in [0.2, 0.25) is 0 Å². The van der Waals surface area contributed by atoms with Crippen LogP contribution in [0.5, 0.6) is 0 Å². The molecule has 2 bridgehead atoms. The van der Waals surface area contributed by atoms with E-state index in [2.05, 4.69) is 16.7 Å². The molecule has 3 N–H and O–H groups in total. The van der Waals surface area contributed by atoms with Crippen molar-refractivity contribution in [2.24, 2.45) is 11.8 Å². The molecule has 7 heteroatoms. The van der Waals surface area contributed by atoms with Gasteiger partial charge in [-0.2, -0.15) is 0 Å². The third-order valence-corrected chi connectivity index (χ3v) is 5.91. The van der Waals surface area contributed by atoms with Crippen molar-refractivity contribution in [1.29, 1.82) is 0 Å². The van der Waals surface area contributed by atoms with Gasteiger partial charge in [-0.3, -0.25) is 14.4 Å². The maximum atomic E-state index is 12.2. The summed E-state index contributed by atoms with van der Waals surface area (Å²) in [6, 6.07) is 8.82. The molecule has 0 spiro atoms. The van der Waals surface area contributed by atoms with Crippen molar-refractivity contribution < 1.29 is 24.2 Å². The van der Waals surface area contributed by atoms with Crippen LogP contribution < -0.4 is 10.6 Å². The highest BCUT2D eigenvalue weighted by molar-refractivity contribution is 5.96. The van der Waals surface area contributed by atoms with Gasteiger partial charge in [-0.1, -0.05) is 30.4 Å². The minimum Gasteiger partial charge on any atom is -0.481 e. The van der Waals surface area contributed by atoms with E-state index in [9.17, 15) is 14.4 Å². The number of hydrogen-bond donors (Lipinski definition) is 3. The number of carbonyl (C=O) groups excluding carboxylic acids is 2. The fraction of sp³-hybridized carbons (Fsp3) is 0.522. The number of carboxylic acid groups (broad SMARTS) is 1. The first-order valence-electron chi connectivity index (χ1n) is 10.7. The van der Waals surface area contributed by atoms with Gasteiger partial charge in [0.15, 0.2) is 0 Å². The van der Waals surface area contributed by atoms with Gasteiger partial charge in [0, 0.05) is 24.4 Å². The highest BCUT2D eigenvalue weighted by atomic mass is 16.5. The van der Waals surface area contributed by atoms with E-state index >= 15 is 0 Å². The fourth-order valence-corrected chi connectivity index (χ4v) is 4.37. The predicted molar refractivity (Wildman–Crippen MR) is 112 cm³/mol. The molecule has 2 saturated heterocycles. The lowest BCUT2D eigenvalue weighted by atomic mass is 9.77. The summed E-state index contributed by atoms with van der Waals surface area (Å²) >= 11 is 0. The quantitative estimate of drug-likeness (QED) is 0.381. The first-order valence-corrected chi connectivity index (χ1v) is 10.7. The van der Waals surface area contributed by atoms with Crippen LogP contribution >= 0.6 is 0 Å². The van der Waals surface area contributed by atoms with Crippen LogP contribution in [0.25, 0.3) is 0 Å². The van der Waals surface area contributed by atoms with E-state index in [-0.39, 0.29) is 42.9 Å². The molecule has 1 aromatic rings. The molecule has 2 fully saturated rings. The maximum Gasteiger partial charge on any atom is 0.303 e. The Labute approximate surface area is 176 Å². The Morgan fingerprint density at radius 1 is 1.03 bits per heavy atom. The van der Waals surface area contributed by atoms with E-state index in [1.54, 1.807) is 24.3 Å². The molecule has 2 aliphatic rings. The van der Waals surface area contributed by atoms with Gasteiger partial charge in [-0.25, -0.2) is 0 Å². The van der Waals surface area contributed by atoms with Gasteiger partial charge in [-0.05, 0) is 50.2 Å². The molecule has 2 amide bonds. The van der Waals surface area contributed by atoms with Crippen LogP contribution in [0.15, 0.2) is 42.5 Å². The topological polar surface area (TPSA) is 105 Å². The normalized spacial score (nSPS) is 24.8. The Hall–Kier alpha value is -2.67. The van der Waals surface area contributed by atoms with Crippen molar-refractivity contribution >= 4 is 17.8 Å². The van der Waals surface area contributed by atoms with Crippen LogP contribution in [-0.4, -0.2) is 48.2 Å². The van der Waals surface area contributed by atoms with Crippen LogP contribution in [0.3, 0.4) is 0 Å². The molecule has 0 radical (unpaired) electrons. The number of amides is 2. The second-order valence-electron chi connectivity index (χ2n) is 7.96. The molecule has 2 aliphatic heterocycles. The predicted octanol–water partition coefficient (Wildman–Crippen LogP) is 2.53. The van der Waals surface area contributed by atoms with Gasteiger partial charge in [0.25, 0.3) is 5.91 Å². The lowest BCUT2D eigenvalue weighted by Gasteiger charge is -2.27. The van der Waals surface area contributed by atoms with E-state index in [4.69, 9.17) is 9.84 Å². The molecule has 3 rings (SSSR count). The number of unbranched alkanes of at least 4 members (excludes halogenated alkanes) is 1. The van der Waals surface area contributed by atoms with Gasteiger partial charge < -0.3 is 20.5 Å². The second kappa shape index (κ2) is 10.9. The third kappa shape index (κ3) is 6.16. The van der Waals surface area contributed by atoms with E-state index in [0.29, 0.717) is 24.4 Å². The van der Waals surface area contributed by atoms with E-state index < -0.39 is 5.97 Å². The first-order chi connectivity index (χ1) is 14.5. The Morgan fingerprint density at radius 2 is 1.77 bits per heavy atom. The van der Waals surface area contributed by atoms with Crippen molar-refractivity contribution in [2.45, 2.75) is 50.7 Å². The van der Waals surface area contributed by atoms with Crippen molar-refractivity contribution in [1.82, 2.24) is 10.6 Å². The molecule has 0 saturated carbocycles. The lowest BCUT2D eigenvalue weighted by molar-refractivity contribution is -0.137. The molecule has 4 atom stereocenters. The summed E-state index contributed by atoms with van der Waals surface area (Å²) in [5.74, 6) is -0.606. The molecular formula is C23H30N2O5. The number of hydrogen-bond acceptors (Lipinski definition) is 4. The van der Waals surface area contributed by atoms with E-state index in [1.807, 2.05) is 12.1 Å². The summed E-state index contributed by atoms with van der Waals surface area (Å²) in [7, 11) is 0. The molecule has 30 heavy (non-hydrogen) atoms. The van der Waals surface area contributed by atoms with Gasteiger partial charge in [0.2, 0.25) is 5.91 Å². The van der Waals surface area contributed by atoms with E-state index in [1.165, 1.54) is 0 Å². The third-order valence-electron chi connectivity index (χ3n) is 5.91. The standard InChI is InChI=1S/C23H30N2O5/c26-21(15-25-23(29)16-8-4-3-5-9-16)24-14-18-17(19-12-13-20(18)30-19)10-6-1-2-7-11-22(27)28/h1,3-6,8-9,17-20H,2,7,10-15H2,(H,24,26)(H,25,29)(H,27,28)/b6-1+. The van der Waals surface area contributed by atoms with Crippen LogP contribution in [0, 0.1) is 11.8 Å². The van der Waals surface area contributed by atoms with Crippen LogP contribution in [0.1, 0.15) is 48.9 Å². The summed E-state index contributed by atoms with van der Waals surface area (Å²) in [5.41, 5.74) is 0.530. The van der Waals surface area contributed by atoms with Crippen molar-refractivity contribution in [3.05, 3.63) is 48.0 Å². The average Bonchev–Trinajstić information content (AvgIpc) is 3.35. The Bertz CT molecular complexity index is 764. The number of allylic oxidation sites excluding steroid dienone is 2. The maximum absolute atomic E-state index is 12.2. The Kier molecular flexibility index (Phi) is 8.02. The zero-order chi connectivity index (χ0) is 21.3. The SMILES string of the molecule is O=C(O)CCC/C=C/CC1C2CCC(O2)C1CNC(=O)CNC(=O)c1ccccc1. The second-order valence-corrected chi connectivity index (χ2v) is 7.96. The smallest absolute Gasteiger partial charge is 0.303 e. The zero-order valence-electron chi connectivity index (χ0n) is 17.1. The summed E-state index contributed by atoms with van der Waals surface area (Å²) < 4.78 is 6.06. The number of rotatable bonds is 11. The number of carboxylic acids is 1. The molecular weight excluding hydrogens is 384 g/mol. The summed E-state index contributed by atoms with van der Waals surface area (Å²) in [4.78, 5) is 34.8. The average molecular weight is 415 g/mol. The number of carbonyl (C=O) groups is 3. The monoisotopic (exact) mass is 414 g/mol. The molecule has 0 aliphatic carbocycles. The van der Waals surface area contributed by atoms with E-state index in [0.717, 1.165) is 25.7 Å². The number of fused-ring (bicyclic) bond motifs is 2. The molecule has 162 valence electrons. The number of aliphatic carboxylic acids is 1. The van der Waals surface area contributed by atoms with Gasteiger partial charge in [0.1, 0.15) is 0 Å². The summed E-state index contributed by atoms with van der Waals surface area (Å²) in [5, 5.41) is 14.3. The van der Waals surface area contributed by atoms with Gasteiger partial charge in [-0.15, -0.1) is 0 Å². The minimum atomic E-state index is -0.763. The van der Waals surface area contributed by atoms with Crippen molar-refractivity contribution in [2.75, 3.05) is 13.1 Å². The van der Waals surface area contributed by atoms with Crippen molar-refractivity contribution in [3.8, 4) is 0 Å². The zero-order valence-corrected chi connectivity index (χ0v) is 17.1. The minimum absolute atomic E-state index is 0.0520. The van der Waals surface area contributed by atoms with Crippen LogP contribution in [0.4, 0.5) is 0 Å².